The van der Waals surface area contributed by atoms with E-state index >= 15 is 0 Å². The van der Waals surface area contributed by atoms with Crippen molar-refractivity contribution >= 4 is 0 Å². The van der Waals surface area contributed by atoms with Crippen LogP contribution in [0.1, 0.15) is 238 Å². The number of aromatic nitrogens is 2. The molecule has 0 aliphatic carbocycles. The van der Waals surface area contributed by atoms with E-state index in [1.54, 1.807) is 5.82 Å². The second kappa shape index (κ2) is 33.6. The van der Waals surface area contributed by atoms with E-state index in [2.05, 4.69) is 42.3 Å². The van der Waals surface area contributed by atoms with Crippen molar-refractivity contribution in [3.63, 3.8) is 0 Å². The number of hydrogen-bond acceptors (Lipinski definition) is 0. The third-order valence-corrected chi connectivity index (χ3v) is 10.1. The summed E-state index contributed by atoms with van der Waals surface area (Å²) in [5.74, 6) is 1.61. The monoisotopic (exact) mass is 616 g/mol. The summed E-state index contributed by atoms with van der Waals surface area (Å²) in [6, 6.07) is 0. The van der Waals surface area contributed by atoms with Gasteiger partial charge in [0.2, 0.25) is 0 Å². The zero-order chi connectivity index (χ0) is 31.6. The van der Waals surface area contributed by atoms with Gasteiger partial charge in [0.1, 0.15) is 12.4 Å². The van der Waals surface area contributed by atoms with Gasteiger partial charge in [-0.1, -0.05) is 201 Å². The van der Waals surface area contributed by atoms with Crippen LogP contribution in [0.25, 0.3) is 0 Å². The summed E-state index contributed by atoms with van der Waals surface area (Å²) >= 11 is 0. The lowest BCUT2D eigenvalue weighted by molar-refractivity contribution is -0.704. The number of unbranched alkanes of at least 4 members (excludes halogenated alkanes) is 30. The van der Waals surface area contributed by atoms with Gasteiger partial charge in [0.05, 0.1) is 13.1 Å². The minimum Gasteiger partial charge on any atom is -0.234 e. The molecular formula is C42H83N2+. The predicted molar refractivity (Wildman–Crippen MR) is 198 cm³/mol. The molecule has 1 heterocycles. The van der Waals surface area contributed by atoms with E-state index in [0.717, 1.165) is 0 Å². The van der Waals surface area contributed by atoms with Crippen LogP contribution in [0, 0.1) is 0 Å². The van der Waals surface area contributed by atoms with E-state index in [1.807, 2.05) is 0 Å². The number of nitrogens with zero attached hydrogens (tertiary/aromatic N) is 2. The highest BCUT2D eigenvalue weighted by Crippen LogP contribution is 2.16. The van der Waals surface area contributed by atoms with E-state index in [4.69, 9.17) is 0 Å². The fourth-order valence-corrected chi connectivity index (χ4v) is 7.03. The minimum atomic E-state index is 1.22. The van der Waals surface area contributed by atoms with Crippen molar-refractivity contribution in [3.8, 4) is 0 Å². The first-order valence-electron chi connectivity index (χ1n) is 20.9. The van der Waals surface area contributed by atoms with Crippen molar-refractivity contribution in [2.45, 2.75) is 252 Å². The lowest BCUT2D eigenvalue weighted by Crippen LogP contribution is -2.37. The van der Waals surface area contributed by atoms with Crippen molar-refractivity contribution in [2.75, 3.05) is 0 Å². The van der Waals surface area contributed by atoms with Crippen LogP contribution in [0.4, 0.5) is 0 Å². The van der Waals surface area contributed by atoms with Gasteiger partial charge in [-0.2, -0.15) is 0 Å². The quantitative estimate of drug-likeness (QED) is 0.0524. The third-order valence-electron chi connectivity index (χ3n) is 10.1. The first-order valence-corrected chi connectivity index (χ1v) is 20.9. The van der Waals surface area contributed by atoms with E-state index < -0.39 is 0 Å². The van der Waals surface area contributed by atoms with Gasteiger partial charge >= 0.3 is 0 Å². The van der Waals surface area contributed by atoms with Crippen molar-refractivity contribution in [3.05, 3.63) is 18.2 Å². The highest BCUT2D eigenvalue weighted by atomic mass is 15.1. The van der Waals surface area contributed by atoms with E-state index in [-0.39, 0.29) is 0 Å². The molecule has 1 aromatic heterocycles. The van der Waals surface area contributed by atoms with Gasteiger partial charge in [0.15, 0.2) is 0 Å². The molecule has 0 aliphatic heterocycles. The topological polar surface area (TPSA) is 8.81 Å². The van der Waals surface area contributed by atoms with Crippen molar-refractivity contribution in [1.82, 2.24) is 4.57 Å². The van der Waals surface area contributed by atoms with Crippen LogP contribution in [-0.4, -0.2) is 4.57 Å². The summed E-state index contributed by atoms with van der Waals surface area (Å²) in [5, 5.41) is 0. The van der Waals surface area contributed by atoms with Crippen LogP contribution in [0.2, 0.25) is 0 Å². The number of imidazole rings is 1. The van der Waals surface area contributed by atoms with Crippen molar-refractivity contribution in [1.29, 1.82) is 0 Å². The fourth-order valence-electron chi connectivity index (χ4n) is 7.03. The van der Waals surface area contributed by atoms with Gasteiger partial charge in [-0.3, -0.25) is 0 Å². The molecule has 0 atom stereocenters. The average Bonchev–Trinajstić information content (AvgIpc) is 3.42. The summed E-state index contributed by atoms with van der Waals surface area (Å²) in [6.07, 6.45) is 53.4. The molecule has 0 radical (unpaired) electrons. The van der Waals surface area contributed by atoms with Gasteiger partial charge < -0.3 is 0 Å². The summed E-state index contributed by atoms with van der Waals surface area (Å²) in [6.45, 7) is 9.39. The zero-order valence-electron chi connectivity index (χ0n) is 31.0. The molecule has 2 heteroatoms. The molecule has 260 valence electrons. The smallest absolute Gasteiger partial charge is 0.234 e. The maximum atomic E-state index is 2.62. The molecule has 0 amide bonds. The number of rotatable bonds is 36. The first-order chi connectivity index (χ1) is 21.8. The molecule has 0 saturated heterocycles. The van der Waals surface area contributed by atoms with Crippen molar-refractivity contribution in [2.24, 2.45) is 0 Å². The van der Waals surface area contributed by atoms with E-state index in [9.17, 15) is 0 Å². The summed E-state index contributed by atoms with van der Waals surface area (Å²) < 4.78 is 5.22. The molecule has 0 N–H and O–H groups in total. The van der Waals surface area contributed by atoms with Crippen LogP contribution >= 0.6 is 0 Å². The minimum absolute atomic E-state index is 1.22. The fraction of sp³-hybridized carbons (Fsp3) is 0.929. The Morgan fingerprint density at radius 3 is 1.09 bits per heavy atom. The average molecular weight is 616 g/mol. The summed E-state index contributed by atoms with van der Waals surface area (Å²) in [7, 11) is 0. The molecule has 2 nitrogen and oxygen atoms in total. The Hall–Kier alpha value is -0.790. The van der Waals surface area contributed by atoms with E-state index in [0.29, 0.717) is 0 Å². The molecule has 0 aliphatic rings. The molecule has 0 aromatic carbocycles. The lowest BCUT2D eigenvalue weighted by Gasteiger charge is -2.07. The highest BCUT2D eigenvalue weighted by molar-refractivity contribution is 4.84. The van der Waals surface area contributed by atoms with Crippen LogP contribution in [-0.2, 0) is 19.5 Å². The largest absolute Gasteiger partial charge is 0.256 e. The Morgan fingerprint density at radius 2 is 0.705 bits per heavy atom. The maximum Gasteiger partial charge on any atom is 0.256 e. The van der Waals surface area contributed by atoms with Crippen LogP contribution in [0.3, 0.4) is 0 Å². The Bertz CT molecular complexity index is 677. The molecule has 0 bridgehead atoms. The third kappa shape index (κ3) is 25.4. The maximum absolute atomic E-state index is 2.62. The molecule has 44 heavy (non-hydrogen) atoms. The second-order valence-electron chi connectivity index (χ2n) is 14.5. The molecular weight excluding hydrogens is 532 g/mol. The van der Waals surface area contributed by atoms with Crippen LogP contribution in [0.5, 0.6) is 0 Å². The second-order valence-corrected chi connectivity index (χ2v) is 14.5. The molecule has 0 unspecified atom stereocenters. The summed E-state index contributed by atoms with van der Waals surface area (Å²) in [5.41, 5.74) is 0. The standard InChI is InChI=1S/C42H83N2/c1-4-7-10-12-14-16-18-20-21-22-23-24-26-28-30-32-34-37-42-43(38-35-9-6-3)40-41-44(42)39-36-33-31-29-27-25-19-17-15-13-11-8-5-2/h40-41H,4-39H2,1-3H3/q+1. The molecule has 0 spiro atoms. The Morgan fingerprint density at radius 1 is 0.386 bits per heavy atom. The Balaban J connectivity index is 2.10. The van der Waals surface area contributed by atoms with E-state index in [1.165, 1.54) is 231 Å². The SMILES string of the molecule is CCCCCCCCCCCCCCCCCCCc1n(CCCCCCCCCCCCCCC)cc[n+]1CCCCC. The van der Waals surface area contributed by atoms with Gasteiger partial charge in [-0.15, -0.1) is 0 Å². The number of aryl methyl sites for hydroxylation is 2. The van der Waals surface area contributed by atoms with Gasteiger partial charge in [-0.25, -0.2) is 9.13 Å². The molecule has 0 saturated carbocycles. The van der Waals surface area contributed by atoms with Crippen LogP contribution in [0.15, 0.2) is 12.4 Å². The lowest BCUT2D eigenvalue weighted by atomic mass is 10.0. The van der Waals surface area contributed by atoms with Crippen LogP contribution < -0.4 is 4.57 Å². The first kappa shape index (κ1) is 41.2. The Labute approximate surface area is 279 Å². The number of hydrogen-bond donors (Lipinski definition) is 0. The van der Waals surface area contributed by atoms with Crippen molar-refractivity contribution < 1.29 is 4.57 Å². The predicted octanol–water partition coefficient (Wildman–Crippen LogP) is 14.3. The highest BCUT2D eigenvalue weighted by Gasteiger charge is 2.16. The Kier molecular flexibility index (Phi) is 31.5. The van der Waals surface area contributed by atoms with Gasteiger partial charge in [0, 0.05) is 6.42 Å². The van der Waals surface area contributed by atoms with Gasteiger partial charge in [0.25, 0.3) is 5.82 Å². The molecule has 1 aromatic rings. The molecule has 1 rings (SSSR count). The zero-order valence-corrected chi connectivity index (χ0v) is 31.0. The van der Waals surface area contributed by atoms with Gasteiger partial charge in [-0.05, 0) is 32.1 Å². The molecule has 0 fully saturated rings. The summed E-state index contributed by atoms with van der Waals surface area (Å²) in [4.78, 5) is 0. The normalized spacial score (nSPS) is 11.6.